The van der Waals surface area contributed by atoms with Gasteiger partial charge in [-0.15, -0.1) is 0 Å². The van der Waals surface area contributed by atoms with E-state index in [4.69, 9.17) is 5.73 Å². The lowest BCUT2D eigenvalue weighted by Gasteiger charge is -2.10. The molecule has 2 N–H and O–H groups in total. The van der Waals surface area contributed by atoms with Gasteiger partial charge in [-0.3, -0.25) is 0 Å². The molecule has 0 aliphatic carbocycles. The highest BCUT2D eigenvalue weighted by Gasteiger charge is 2.09. The zero-order chi connectivity index (χ0) is 10.6. The molecule has 0 unspecified atom stereocenters. The van der Waals surface area contributed by atoms with Crippen molar-refractivity contribution in [3.8, 4) is 5.75 Å². The number of benzene rings is 1. The molecule has 1 rings (SSSR count). The summed E-state index contributed by atoms with van der Waals surface area (Å²) in [4.78, 5) is 0. The summed E-state index contributed by atoms with van der Waals surface area (Å²) in [5.74, 6) is 0.182. The third-order valence-electron chi connectivity index (χ3n) is 1.83. The van der Waals surface area contributed by atoms with E-state index in [1.54, 1.807) is 12.1 Å². The van der Waals surface area contributed by atoms with Crippen molar-refractivity contribution >= 4 is 5.69 Å². The lowest BCUT2D eigenvalue weighted by atomic mass is 10.1. The molecule has 1 aromatic carbocycles. The third-order valence-corrected chi connectivity index (χ3v) is 1.83. The van der Waals surface area contributed by atoms with Crippen LogP contribution in [-0.4, -0.2) is 6.61 Å². The smallest absolute Gasteiger partial charge is 0.387 e. The van der Waals surface area contributed by atoms with Gasteiger partial charge in [0.2, 0.25) is 0 Å². The Kier molecular flexibility index (Phi) is 3.68. The van der Waals surface area contributed by atoms with E-state index in [1.165, 1.54) is 6.07 Å². The van der Waals surface area contributed by atoms with E-state index in [0.29, 0.717) is 12.1 Å². The number of ether oxygens (including phenoxy) is 1. The van der Waals surface area contributed by atoms with Crippen LogP contribution in [0.3, 0.4) is 0 Å². The van der Waals surface area contributed by atoms with Crippen molar-refractivity contribution in [3.63, 3.8) is 0 Å². The van der Waals surface area contributed by atoms with Crippen LogP contribution in [0, 0.1) is 0 Å². The lowest BCUT2D eigenvalue weighted by Crippen LogP contribution is -2.05. The summed E-state index contributed by atoms with van der Waals surface area (Å²) in [5, 5.41) is 0. The Morgan fingerprint density at radius 3 is 2.71 bits per heavy atom. The Morgan fingerprint density at radius 2 is 2.14 bits per heavy atom. The van der Waals surface area contributed by atoms with Gasteiger partial charge in [-0.25, -0.2) is 0 Å². The van der Waals surface area contributed by atoms with Gasteiger partial charge in [0, 0.05) is 11.8 Å². The maximum atomic E-state index is 12.0. The fourth-order valence-corrected chi connectivity index (χ4v) is 1.25. The van der Waals surface area contributed by atoms with Gasteiger partial charge in [0.05, 0.1) is 0 Å². The molecule has 0 radical (unpaired) electrons. The molecule has 14 heavy (non-hydrogen) atoms. The highest BCUT2D eigenvalue weighted by atomic mass is 19.3. The number of nitrogen functional groups attached to an aromatic ring is 1. The van der Waals surface area contributed by atoms with Crippen molar-refractivity contribution < 1.29 is 13.5 Å². The van der Waals surface area contributed by atoms with Crippen molar-refractivity contribution in [2.24, 2.45) is 0 Å². The van der Waals surface area contributed by atoms with Crippen molar-refractivity contribution in [3.05, 3.63) is 23.8 Å². The maximum absolute atomic E-state index is 12.0. The summed E-state index contributed by atoms with van der Waals surface area (Å²) in [6.45, 7) is -0.824. The molecule has 0 bridgehead atoms. The number of rotatable bonds is 4. The second kappa shape index (κ2) is 4.79. The molecular formula is C10H13F2NO. The zero-order valence-electron chi connectivity index (χ0n) is 7.97. The van der Waals surface area contributed by atoms with Crippen LogP contribution in [0.4, 0.5) is 14.5 Å². The van der Waals surface area contributed by atoms with Crippen LogP contribution >= 0.6 is 0 Å². The number of alkyl halides is 2. The minimum atomic E-state index is -2.80. The van der Waals surface area contributed by atoms with Gasteiger partial charge in [-0.05, 0) is 18.1 Å². The van der Waals surface area contributed by atoms with E-state index in [0.717, 1.165) is 12.0 Å². The first-order valence-corrected chi connectivity index (χ1v) is 4.46. The van der Waals surface area contributed by atoms with Crippen LogP contribution in [0.15, 0.2) is 18.2 Å². The van der Waals surface area contributed by atoms with Crippen LogP contribution in [0.2, 0.25) is 0 Å². The van der Waals surface area contributed by atoms with Crippen molar-refractivity contribution in [1.29, 1.82) is 0 Å². The maximum Gasteiger partial charge on any atom is 0.387 e. The molecule has 4 heteroatoms. The fourth-order valence-electron chi connectivity index (χ4n) is 1.25. The summed E-state index contributed by atoms with van der Waals surface area (Å²) < 4.78 is 28.4. The highest BCUT2D eigenvalue weighted by molar-refractivity contribution is 5.48. The van der Waals surface area contributed by atoms with Gasteiger partial charge < -0.3 is 10.5 Å². The molecule has 0 aromatic heterocycles. The zero-order valence-corrected chi connectivity index (χ0v) is 7.97. The number of hydrogen-bond donors (Lipinski definition) is 1. The SMILES string of the molecule is CCCc1ccc(N)cc1OC(F)F. The van der Waals surface area contributed by atoms with E-state index >= 15 is 0 Å². The monoisotopic (exact) mass is 201 g/mol. The van der Waals surface area contributed by atoms with E-state index in [-0.39, 0.29) is 5.75 Å². The Balaban J connectivity index is 2.90. The molecule has 0 aliphatic rings. The van der Waals surface area contributed by atoms with Crippen LogP contribution in [0.25, 0.3) is 0 Å². The quantitative estimate of drug-likeness (QED) is 0.760. The third kappa shape index (κ3) is 2.87. The molecular weight excluding hydrogens is 188 g/mol. The largest absolute Gasteiger partial charge is 0.434 e. The van der Waals surface area contributed by atoms with Gasteiger partial charge in [-0.2, -0.15) is 8.78 Å². The van der Waals surface area contributed by atoms with Crippen LogP contribution in [0.5, 0.6) is 5.75 Å². The first-order chi connectivity index (χ1) is 6.63. The van der Waals surface area contributed by atoms with Crippen molar-refractivity contribution in [2.45, 2.75) is 26.4 Å². The fraction of sp³-hybridized carbons (Fsp3) is 0.400. The molecule has 0 fully saturated rings. The lowest BCUT2D eigenvalue weighted by molar-refractivity contribution is -0.0504. The number of hydrogen-bond acceptors (Lipinski definition) is 2. The predicted octanol–water partition coefficient (Wildman–Crippen LogP) is 2.82. The van der Waals surface area contributed by atoms with Gasteiger partial charge >= 0.3 is 6.61 Å². The van der Waals surface area contributed by atoms with E-state index in [1.807, 2.05) is 6.92 Å². The van der Waals surface area contributed by atoms with Gasteiger partial charge in [0.25, 0.3) is 0 Å². The van der Waals surface area contributed by atoms with Crippen LogP contribution in [-0.2, 0) is 6.42 Å². The standard InChI is InChI=1S/C10H13F2NO/c1-2-3-7-4-5-8(13)6-9(7)14-10(11)12/h4-6,10H,2-3,13H2,1H3. The molecule has 0 spiro atoms. The predicted molar refractivity (Wildman–Crippen MR) is 51.5 cm³/mol. The van der Waals surface area contributed by atoms with Crippen molar-refractivity contribution in [1.82, 2.24) is 0 Å². The molecule has 0 amide bonds. The molecule has 0 heterocycles. The molecule has 0 saturated carbocycles. The summed E-state index contributed by atoms with van der Waals surface area (Å²) in [7, 11) is 0. The summed E-state index contributed by atoms with van der Waals surface area (Å²) in [5.41, 5.74) is 6.67. The average Bonchev–Trinajstić information content (AvgIpc) is 2.09. The minimum absolute atomic E-state index is 0.182. The van der Waals surface area contributed by atoms with Gasteiger partial charge in [0.15, 0.2) is 0 Å². The molecule has 0 atom stereocenters. The average molecular weight is 201 g/mol. The first-order valence-electron chi connectivity index (χ1n) is 4.46. The first kappa shape index (κ1) is 10.8. The molecule has 1 aromatic rings. The minimum Gasteiger partial charge on any atom is -0.434 e. The van der Waals surface area contributed by atoms with E-state index in [9.17, 15) is 8.78 Å². The Hall–Kier alpha value is -1.32. The van der Waals surface area contributed by atoms with Gasteiger partial charge in [0.1, 0.15) is 5.75 Å². The highest BCUT2D eigenvalue weighted by Crippen LogP contribution is 2.24. The molecule has 0 saturated heterocycles. The van der Waals surface area contributed by atoms with Crippen LogP contribution < -0.4 is 10.5 Å². The van der Waals surface area contributed by atoms with E-state index < -0.39 is 6.61 Å². The Labute approximate surface area is 81.7 Å². The van der Waals surface area contributed by atoms with Gasteiger partial charge in [-0.1, -0.05) is 19.4 Å². The Bertz CT molecular complexity index is 302. The summed E-state index contributed by atoms with van der Waals surface area (Å²) in [6.07, 6.45) is 1.59. The number of halogens is 2. The Morgan fingerprint density at radius 1 is 1.43 bits per heavy atom. The molecule has 78 valence electrons. The second-order valence-corrected chi connectivity index (χ2v) is 3.00. The summed E-state index contributed by atoms with van der Waals surface area (Å²) in [6, 6.07) is 4.83. The van der Waals surface area contributed by atoms with Crippen LogP contribution in [0.1, 0.15) is 18.9 Å². The number of nitrogens with two attached hydrogens (primary N) is 1. The summed E-state index contributed by atoms with van der Waals surface area (Å²) >= 11 is 0. The van der Waals surface area contributed by atoms with E-state index in [2.05, 4.69) is 4.74 Å². The molecule has 2 nitrogen and oxygen atoms in total. The molecule has 0 aliphatic heterocycles. The normalized spacial score (nSPS) is 10.6. The number of aryl methyl sites for hydroxylation is 1. The number of anilines is 1. The van der Waals surface area contributed by atoms with Crippen molar-refractivity contribution in [2.75, 3.05) is 5.73 Å². The second-order valence-electron chi connectivity index (χ2n) is 3.00. The topological polar surface area (TPSA) is 35.2 Å².